The van der Waals surface area contributed by atoms with E-state index in [1.807, 2.05) is 0 Å². The third-order valence-corrected chi connectivity index (χ3v) is 4.97. The molecule has 0 saturated carbocycles. The molecule has 1 saturated heterocycles. The molecule has 1 aromatic carbocycles. The molecule has 0 bridgehead atoms. The Morgan fingerprint density at radius 1 is 1.09 bits per heavy atom. The Labute approximate surface area is 141 Å². The van der Waals surface area contributed by atoms with Crippen molar-refractivity contribution in [3.63, 3.8) is 0 Å². The van der Waals surface area contributed by atoms with Crippen LogP contribution in [0.15, 0.2) is 24.3 Å². The Morgan fingerprint density at radius 3 is 2.43 bits per heavy atom. The predicted molar refractivity (Wildman–Crippen MR) is 92.6 cm³/mol. The van der Waals surface area contributed by atoms with E-state index in [4.69, 9.17) is 0 Å². The maximum Gasteiger partial charge on any atom is 0.208 e. The lowest BCUT2D eigenvalue weighted by molar-refractivity contribution is 0.231. The highest BCUT2D eigenvalue weighted by molar-refractivity contribution is 7.15. The maximum absolute atomic E-state index is 12.9. The highest BCUT2D eigenvalue weighted by atomic mass is 32.1. The molecule has 1 aromatic heterocycles. The van der Waals surface area contributed by atoms with Crippen molar-refractivity contribution in [2.45, 2.75) is 20.3 Å². The average Bonchev–Trinajstić information content (AvgIpc) is 2.98. The quantitative estimate of drug-likeness (QED) is 0.841. The minimum atomic E-state index is -0.203. The van der Waals surface area contributed by atoms with Crippen LogP contribution < -0.4 is 4.90 Å². The van der Waals surface area contributed by atoms with Crippen molar-refractivity contribution in [1.29, 1.82) is 0 Å². The van der Waals surface area contributed by atoms with Crippen LogP contribution in [0.4, 0.5) is 9.52 Å². The van der Waals surface area contributed by atoms with Crippen LogP contribution >= 0.6 is 11.3 Å². The van der Waals surface area contributed by atoms with Gasteiger partial charge in [0.2, 0.25) is 5.13 Å². The number of hydrogen-bond donors (Lipinski definition) is 0. The van der Waals surface area contributed by atoms with Crippen LogP contribution in [0.5, 0.6) is 0 Å². The minimum Gasteiger partial charge on any atom is -0.344 e. The number of hydrogen-bond acceptors (Lipinski definition) is 5. The topological polar surface area (TPSA) is 32.3 Å². The third-order valence-electron chi connectivity index (χ3n) is 3.99. The van der Waals surface area contributed by atoms with Gasteiger partial charge in [-0.15, -0.1) is 10.2 Å². The van der Waals surface area contributed by atoms with Gasteiger partial charge in [-0.25, -0.2) is 4.39 Å². The van der Waals surface area contributed by atoms with Gasteiger partial charge >= 0.3 is 0 Å². The van der Waals surface area contributed by atoms with E-state index in [2.05, 4.69) is 33.8 Å². The van der Waals surface area contributed by atoms with E-state index in [0.717, 1.165) is 41.9 Å². The first-order valence-electron chi connectivity index (χ1n) is 8.14. The SMILES string of the molecule is CC(C)CN1CCN(c2nnc(Cc3ccc(F)cc3)s2)CC1. The van der Waals surface area contributed by atoms with Crippen LogP contribution in [-0.2, 0) is 6.42 Å². The summed E-state index contributed by atoms with van der Waals surface area (Å²) in [6.07, 6.45) is 0.714. The molecule has 1 aliphatic rings. The molecule has 0 atom stereocenters. The molecule has 0 radical (unpaired) electrons. The van der Waals surface area contributed by atoms with Crippen LogP contribution in [0.2, 0.25) is 0 Å². The van der Waals surface area contributed by atoms with E-state index in [9.17, 15) is 4.39 Å². The summed E-state index contributed by atoms with van der Waals surface area (Å²) in [5.41, 5.74) is 1.07. The van der Waals surface area contributed by atoms with E-state index in [1.54, 1.807) is 23.5 Å². The first-order valence-corrected chi connectivity index (χ1v) is 8.96. The summed E-state index contributed by atoms with van der Waals surface area (Å²) in [4.78, 5) is 4.84. The smallest absolute Gasteiger partial charge is 0.208 e. The van der Waals surface area contributed by atoms with E-state index in [0.29, 0.717) is 12.3 Å². The second-order valence-electron chi connectivity index (χ2n) is 6.46. The zero-order valence-electron chi connectivity index (χ0n) is 13.7. The number of piperazine rings is 1. The molecule has 1 aliphatic heterocycles. The Bertz CT molecular complexity index is 618. The molecule has 124 valence electrons. The number of halogens is 1. The molecule has 2 aromatic rings. The monoisotopic (exact) mass is 334 g/mol. The molecule has 6 heteroatoms. The first kappa shape index (κ1) is 16.3. The Hall–Kier alpha value is -1.53. The fourth-order valence-corrected chi connectivity index (χ4v) is 3.78. The van der Waals surface area contributed by atoms with E-state index in [-0.39, 0.29) is 5.82 Å². The summed E-state index contributed by atoms with van der Waals surface area (Å²) < 4.78 is 12.9. The van der Waals surface area contributed by atoms with Crippen LogP contribution in [0.25, 0.3) is 0 Å². The molecular weight excluding hydrogens is 311 g/mol. The van der Waals surface area contributed by atoms with Gasteiger partial charge in [-0.05, 0) is 23.6 Å². The second-order valence-corrected chi connectivity index (χ2v) is 7.50. The van der Waals surface area contributed by atoms with E-state index < -0.39 is 0 Å². The van der Waals surface area contributed by atoms with Gasteiger partial charge in [-0.3, -0.25) is 4.90 Å². The normalized spacial score (nSPS) is 16.3. The Kier molecular flexibility index (Phi) is 5.23. The van der Waals surface area contributed by atoms with Crippen molar-refractivity contribution in [3.8, 4) is 0 Å². The van der Waals surface area contributed by atoms with Crippen LogP contribution in [0.1, 0.15) is 24.4 Å². The molecule has 1 fully saturated rings. The lowest BCUT2D eigenvalue weighted by Gasteiger charge is -2.35. The van der Waals surface area contributed by atoms with Gasteiger partial charge in [0, 0.05) is 39.1 Å². The molecule has 3 rings (SSSR count). The van der Waals surface area contributed by atoms with Gasteiger partial charge in [0.05, 0.1) is 0 Å². The highest BCUT2D eigenvalue weighted by Crippen LogP contribution is 2.23. The molecule has 0 N–H and O–H groups in total. The zero-order chi connectivity index (χ0) is 16.2. The molecule has 0 spiro atoms. The average molecular weight is 334 g/mol. The van der Waals surface area contributed by atoms with Gasteiger partial charge in [0.1, 0.15) is 10.8 Å². The first-order chi connectivity index (χ1) is 11.1. The fraction of sp³-hybridized carbons (Fsp3) is 0.529. The van der Waals surface area contributed by atoms with Crippen molar-refractivity contribution in [1.82, 2.24) is 15.1 Å². The maximum atomic E-state index is 12.9. The van der Waals surface area contributed by atoms with Crippen molar-refractivity contribution in [3.05, 3.63) is 40.7 Å². The summed E-state index contributed by atoms with van der Waals surface area (Å²) in [5, 5.41) is 10.6. The lowest BCUT2D eigenvalue weighted by atomic mass is 10.2. The fourth-order valence-electron chi connectivity index (χ4n) is 2.86. The number of rotatable bonds is 5. The van der Waals surface area contributed by atoms with Crippen molar-refractivity contribution in [2.75, 3.05) is 37.6 Å². The van der Waals surface area contributed by atoms with Crippen molar-refractivity contribution >= 4 is 16.5 Å². The summed E-state index contributed by atoms with van der Waals surface area (Å²) in [6.45, 7) is 9.89. The van der Waals surface area contributed by atoms with Gasteiger partial charge in [0.25, 0.3) is 0 Å². The van der Waals surface area contributed by atoms with Gasteiger partial charge in [-0.2, -0.15) is 0 Å². The van der Waals surface area contributed by atoms with E-state index in [1.165, 1.54) is 18.7 Å². The minimum absolute atomic E-state index is 0.203. The molecule has 4 nitrogen and oxygen atoms in total. The zero-order valence-corrected chi connectivity index (χ0v) is 14.5. The highest BCUT2D eigenvalue weighted by Gasteiger charge is 2.20. The summed E-state index contributed by atoms with van der Waals surface area (Å²) >= 11 is 1.65. The number of benzene rings is 1. The molecule has 23 heavy (non-hydrogen) atoms. The van der Waals surface area contributed by atoms with Crippen LogP contribution in [0.3, 0.4) is 0 Å². The Morgan fingerprint density at radius 2 is 1.78 bits per heavy atom. The van der Waals surface area contributed by atoms with Crippen LogP contribution in [0, 0.1) is 11.7 Å². The molecule has 2 heterocycles. The molecule has 0 unspecified atom stereocenters. The standard InChI is InChI=1S/C17H23FN4S/c1-13(2)12-21-7-9-22(10-8-21)17-20-19-16(23-17)11-14-3-5-15(18)6-4-14/h3-6,13H,7-12H2,1-2H3. The predicted octanol–water partition coefficient (Wildman–Crippen LogP) is 3.05. The lowest BCUT2D eigenvalue weighted by Crippen LogP contribution is -2.47. The third kappa shape index (κ3) is 4.48. The Balaban J connectivity index is 1.56. The largest absolute Gasteiger partial charge is 0.344 e. The summed E-state index contributed by atoms with van der Waals surface area (Å²) in [5.74, 6) is 0.511. The van der Waals surface area contributed by atoms with Crippen LogP contribution in [-0.4, -0.2) is 47.8 Å². The van der Waals surface area contributed by atoms with Gasteiger partial charge in [0.15, 0.2) is 0 Å². The number of anilines is 1. The van der Waals surface area contributed by atoms with Crippen molar-refractivity contribution < 1.29 is 4.39 Å². The molecule has 0 amide bonds. The van der Waals surface area contributed by atoms with E-state index >= 15 is 0 Å². The van der Waals surface area contributed by atoms with Gasteiger partial charge < -0.3 is 4.90 Å². The number of nitrogens with zero attached hydrogens (tertiary/aromatic N) is 4. The van der Waals surface area contributed by atoms with Crippen molar-refractivity contribution in [2.24, 2.45) is 5.92 Å². The summed E-state index contributed by atoms with van der Waals surface area (Å²) in [7, 11) is 0. The molecule has 0 aliphatic carbocycles. The van der Waals surface area contributed by atoms with Gasteiger partial charge in [-0.1, -0.05) is 37.3 Å². The molecular formula is C17H23FN4S. The number of aromatic nitrogens is 2. The second kappa shape index (κ2) is 7.36. The summed E-state index contributed by atoms with van der Waals surface area (Å²) in [6, 6.07) is 6.60.